The summed E-state index contributed by atoms with van der Waals surface area (Å²) in [5, 5.41) is 0. The van der Waals surface area contributed by atoms with Crippen LogP contribution in [0.3, 0.4) is 0 Å². The Bertz CT molecular complexity index is 310. The first-order chi connectivity index (χ1) is 9.62. The molecule has 0 aliphatic rings. The van der Waals surface area contributed by atoms with E-state index < -0.39 is 20.8 Å². The Morgan fingerprint density at radius 3 is 1.35 bits per heavy atom. The summed E-state index contributed by atoms with van der Waals surface area (Å²) in [5.41, 5.74) is 2.69. The number of hydrogen-bond donors (Lipinski definition) is 0. The topological polar surface area (TPSA) is 0 Å². The average Bonchev–Trinajstić information content (AvgIpc) is 3.06. The van der Waals surface area contributed by atoms with Crippen LogP contribution in [-0.2, 0) is 20.8 Å². The Balaban J connectivity index is 0. The third-order valence-electron chi connectivity index (χ3n) is 2.24. The molecule has 0 aliphatic heterocycles. The van der Waals surface area contributed by atoms with Gasteiger partial charge in [-0.3, -0.25) is 0 Å². The molecule has 0 fully saturated rings. The summed E-state index contributed by atoms with van der Waals surface area (Å²) in [5.74, 6) is 0. The van der Waals surface area contributed by atoms with E-state index in [2.05, 4.69) is 52.0 Å². The summed E-state index contributed by atoms with van der Waals surface area (Å²) < 4.78 is 0. The van der Waals surface area contributed by atoms with Gasteiger partial charge in [-0.25, -0.2) is 23.3 Å². The van der Waals surface area contributed by atoms with Crippen molar-refractivity contribution in [2.45, 2.75) is 39.8 Å². The van der Waals surface area contributed by atoms with Gasteiger partial charge in [0.1, 0.15) is 0 Å². The van der Waals surface area contributed by atoms with Crippen LogP contribution in [0.5, 0.6) is 0 Å². The fourth-order valence-corrected chi connectivity index (χ4v) is 1.81. The van der Waals surface area contributed by atoms with E-state index >= 15 is 0 Å². The summed E-state index contributed by atoms with van der Waals surface area (Å²) in [7, 11) is 10.7. The van der Waals surface area contributed by atoms with Crippen LogP contribution < -0.4 is 0 Å². The molecule has 0 atom stereocenters. The molecule has 0 spiro atoms. The second-order valence-electron chi connectivity index (χ2n) is 4.10. The van der Waals surface area contributed by atoms with Crippen molar-refractivity contribution in [2.75, 3.05) is 0 Å². The minimum absolute atomic E-state index is 0.815. The fourth-order valence-electron chi connectivity index (χ4n) is 1.23. The number of aryl methyl sites for hydroxylation is 2. The molecule has 0 nitrogen and oxygen atoms in total. The molecule has 2 rings (SSSR count). The molecular weight excluding hydrogens is 382 g/mol. The van der Waals surface area contributed by atoms with E-state index in [1.54, 1.807) is 0 Å². The molecular formula is C16H25Cl2SiZr. The zero-order valence-corrected chi connectivity index (χ0v) is 18.0. The quantitative estimate of drug-likeness (QED) is 0.417. The van der Waals surface area contributed by atoms with Crippen LogP contribution in [-0.4, -0.2) is 9.52 Å². The second kappa shape index (κ2) is 19.4. The van der Waals surface area contributed by atoms with Crippen molar-refractivity contribution in [3.05, 3.63) is 59.7 Å². The van der Waals surface area contributed by atoms with Crippen LogP contribution in [0.2, 0.25) is 12.1 Å². The van der Waals surface area contributed by atoms with Gasteiger partial charge in [-0.2, -0.15) is 36.4 Å². The molecule has 0 unspecified atom stereocenters. The van der Waals surface area contributed by atoms with Gasteiger partial charge >= 0.3 is 37.9 Å². The Morgan fingerprint density at radius 1 is 0.950 bits per heavy atom. The van der Waals surface area contributed by atoms with E-state index in [-0.39, 0.29) is 0 Å². The van der Waals surface area contributed by atoms with Gasteiger partial charge in [-0.1, -0.05) is 39.8 Å². The summed E-state index contributed by atoms with van der Waals surface area (Å²) in [6, 6.07) is 19.3. The molecule has 0 saturated carbocycles. The van der Waals surface area contributed by atoms with E-state index in [9.17, 15) is 0 Å². The first-order valence-electron chi connectivity index (χ1n) is 6.76. The molecule has 4 heteroatoms. The molecule has 0 amide bonds. The average molecular weight is 408 g/mol. The maximum atomic E-state index is 4.93. The van der Waals surface area contributed by atoms with Crippen molar-refractivity contribution < 1.29 is 20.8 Å². The van der Waals surface area contributed by atoms with Gasteiger partial charge in [0, 0.05) is 9.52 Å². The predicted octanol–water partition coefficient (Wildman–Crippen LogP) is 6.10. The molecule has 0 saturated heterocycles. The SMILES string of the molecule is CC[SiH]CC.Cc1cc[cH-]c1.Cc1cc[cH-]c1.[Cl][Zr+2][Cl]. The van der Waals surface area contributed by atoms with Crippen molar-refractivity contribution in [1.29, 1.82) is 0 Å². The van der Waals surface area contributed by atoms with Crippen LogP contribution >= 0.6 is 17.0 Å². The van der Waals surface area contributed by atoms with Gasteiger partial charge in [-0.15, -0.1) is 0 Å². The normalized spacial score (nSPS) is 7.90. The summed E-state index contributed by atoms with van der Waals surface area (Å²) in [6.45, 7) is 8.66. The van der Waals surface area contributed by atoms with Crippen LogP contribution in [0.4, 0.5) is 0 Å². The molecule has 0 aliphatic carbocycles. The predicted molar refractivity (Wildman–Crippen MR) is 93.4 cm³/mol. The maximum absolute atomic E-state index is 4.93. The summed E-state index contributed by atoms with van der Waals surface area (Å²) in [4.78, 5) is 0. The fraction of sp³-hybridized carbons (Fsp3) is 0.375. The Morgan fingerprint density at radius 2 is 1.30 bits per heavy atom. The molecule has 1 radical (unpaired) electrons. The zero-order chi connectivity index (χ0) is 15.6. The third kappa shape index (κ3) is 20.7. The molecule has 0 N–H and O–H groups in total. The zero-order valence-electron chi connectivity index (χ0n) is 12.9. The Kier molecular flexibility index (Phi) is 22.0. The summed E-state index contributed by atoms with van der Waals surface area (Å²) in [6.07, 6.45) is 0. The van der Waals surface area contributed by atoms with Gasteiger partial charge in [-0.05, 0) is 0 Å². The van der Waals surface area contributed by atoms with Gasteiger partial charge in [0.05, 0.1) is 0 Å². The van der Waals surface area contributed by atoms with E-state index in [1.807, 2.05) is 24.3 Å². The van der Waals surface area contributed by atoms with Gasteiger partial charge in [0.25, 0.3) is 0 Å². The standard InChI is InChI=1S/2C6H7.C4H11Si.2ClH.Zr/c2*1-6-4-2-3-5-6;1-3-5-4-2;;;/h2*2-5H,1H3;5H,3-4H2,1-2H3;2*1H;/q2*-1;;;;+4/p-2. The Hall–Kier alpha value is 0.380. The van der Waals surface area contributed by atoms with Gasteiger partial charge in [0.15, 0.2) is 0 Å². The first-order valence-corrected chi connectivity index (χ1v) is 14.7. The van der Waals surface area contributed by atoms with E-state index in [0.29, 0.717) is 0 Å². The van der Waals surface area contributed by atoms with Crippen LogP contribution in [0.15, 0.2) is 48.5 Å². The minimum atomic E-state index is -0.826. The van der Waals surface area contributed by atoms with Gasteiger partial charge in [0.2, 0.25) is 0 Å². The molecule has 0 bridgehead atoms. The van der Waals surface area contributed by atoms with Crippen molar-refractivity contribution in [3.8, 4) is 0 Å². The van der Waals surface area contributed by atoms with Crippen molar-refractivity contribution in [3.63, 3.8) is 0 Å². The number of rotatable bonds is 2. The van der Waals surface area contributed by atoms with Crippen LogP contribution in [0, 0.1) is 13.8 Å². The molecule has 0 aromatic heterocycles. The molecule has 111 valence electrons. The molecule has 2 aromatic carbocycles. The van der Waals surface area contributed by atoms with E-state index in [0.717, 1.165) is 9.52 Å². The van der Waals surface area contributed by atoms with Crippen LogP contribution in [0.25, 0.3) is 0 Å². The summed E-state index contributed by atoms with van der Waals surface area (Å²) >= 11 is -0.826. The van der Waals surface area contributed by atoms with E-state index in [4.69, 9.17) is 17.0 Å². The molecule has 20 heavy (non-hydrogen) atoms. The number of hydrogen-bond acceptors (Lipinski definition) is 0. The monoisotopic (exact) mass is 405 g/mol. The molecule has 0 heterocycles. The van der Waals surface area contributed by atoms with Crippen molar-refractivity contribution >= 4 is 26.5 Å². The Labute approximate surface area is 146 Å². The van der Waals surface area contributed by atoms with Gasteiger partial charge < -0.3 is 0 Å². The van der Waals surface area contributed by atoms with E-state index in [1.165, 1.54) is 23.2 Å². The van der Waals surface area contributed by atoms with Crippen LogP contribution in [0.1, 0.15) is 25.0 Å². The van der Waals surface area contributed by atoms with Crippen molar-refractivity contribution in [2.24, 2.45) is 0 Å². The second-order valence-corrected chi connectivity index (χ2v) is 10.0. The third-order valence-corrected chi connectivity index (χ3v) is 3.39. The van der Waals surface area contributed by atoms with Crippen molar-refractivity contribution in [1.82, 2.24) is 0 Å². The molecule has 2 aromatic rings. The number of halogens is 2. The first kappa shape index (κ1) is 22.7.